The number of hydrogen-bond acceptors (Lipinski definition) is 9. The highest BCUT2D eigenvalue weighted by Crippen LogP contribution is 2.43. The van der Waals surface area contributed by atoms with Crippen LogP contribution in [-0.2, 0) is 37.5 Å². The summed E-state index contributed by atoms with van der Waals surface area (Å²) >= 11 is 0. The van der Waals surface area contributed by atoms with Gasteiger partial charge in [-0.1, -0.05) is 65.2 Å². The van der Waals surface area contributed by atoms with Crippen molar-refractivity contribution in [2.75, 3.05) is 19.8 Å². The topological polar surface area (TPSA) is 172 Å². The van der Waals surface area contributed by atoms with Crippen molar-refractivity contribution in [3.05, 3.63) is 0 Å². The third kappa shape index (κ3) is 18.6. The SMILES string of the molecule is CCCCCCCCCCCC(=O)OC(COC(=O)CC)COP(=O)(O)OCC(N)C(=O)O. The van der Waals surface area contributed by atoms with Gasteiger partial charge >= 0.3 is 25.7 Å². The molecule has 0 aromatic heterocycles. The van der Waals surface area contributed by atoms with E-state index in [9.17, 15) is 23.8 Å². The van der Waals surface area contributed by atoms with Crippen LogP contribution in [0.1, 0.15) is 84.5 Å². The van der Waals surface area contributed by atoms with Crippen LogP contribution in [0.2, 0.25) is 0 Å². The number of ether oxygens (including phenoxy) is 2. The van der Waals surface area contributed by atoms with Crippen molar-refractivity contribution in [2.45, 2.75) is 96.6 Å². The van der Waals surface area contributed by atoms with Gasteiger partial charge in [0.2, 0.25) is 0 Å². The molecule has 0 bridgehead atoms. The lowest BCUT2D eigenvalue weighted by atomic mass is 10.1. The maximum absolute atomic E-state index is 12.1. The smallest absolute Gasteiger partial charge is 0.472 e. The minimum Gasteiger partial charge on any atom is -0.480 e. The second-order valence-corrected chi connectivity index (χ2v) is 9.19. The summed E-state index contributed by atoms with van der Waals surface area (Å²) in [6.45, 7) is 2.07. The molecule has 0 amide bonds. The zero-order valence-electron chi connectivity index (χ0n) is 19.7. The number of phosphoric ester groups is 1. The van der Waals surface area contributed by atoms with E-state index in [0.29, 0.717) is 6.42 Å². The van der Waals surface area contributed by atoms with E-state index in [1.165, 1.54) is 32.1 Å². The molecule has 12 heteroatoms. The molecular weight excluding hydrogens is 457 g/mol. The van der Waals surface area contributed by atoms with Crippen molar-refractivity contribution in [1.82, 2.24) is 0 Å². The number of rotatable bonds is 21. The summed E-state index contributed by atoms with van der Waals surface area (Å²) < 4.78 is 31.3. The highest BCUT2D eigenvalue weighted by atomic mass is 31.2. The van der Waals surface area contributed by atoms with Gasteiger partial charge in [0.05, 0.1) is 13.2 Å². The average Bonchev–Trinajstić information content (AvgIpc) is 2.77. The van der Waals surface area contributed by atoms with Crippen LogP contribution in [0.25, 0.3) is 0 Å². The molecule has 0 heterocycles. The highest BCUT2D eigenvalue weighted by Gasteiger charge is 2.28. The Morgan fingerprint density at radius 3 is 1.94 bits per heavy atom. The molecule has 0 aromatic carbocycles. The molecule has 3 atom stereocenters. The quantitative estimate of drug-likeness (QED) is 0.121. The first kappa shape index (κ1) is 31.5. The summed E-state index contributed by atoms with van der Waals surface area (Å²) in [5.74, 6) is -2.49. The number of carbonyl (C=O) groups is 3. The number of unbranched alkanes of at least 4 members (excludes halogenated alkanes) is 8. The van der Waals surface area contributed by atoms with Crippen molar-refractivity contribution < 1.29 is 47.5 Å². The van der Waals surface area contributed by atoms with Gasteiger partial charge in [-0.15, -0.1) is 0 Å². The molecule has 194 valence electrons. The fraction of sp³-hybridized carbons (Fsp3) is 0.857. The molecule has 0 saturated heterocycles. The van der Waals surface area contributed by atoms with E-state index >= 15 is 0 Å². The van der Waals surface area contributed by atoms with E-state index in [4.69, 9.17) is 24.8 Å². The lowest BCUT2D eigenvalue weighted by molar-refractivity contribution is -0.161. The van der Waals surface area contributed by atoms with E-state index in [2.05, 4.69) is 11.4 Å². The van der Waals surface area contributed by atoms with Crippen LogP contribution in [0.3, 0.4) is 0 Å². The van der Waals surface area contributed by atoms with Crippen molar-refractivity contribution in [3.8, 4) is 0 Å². The molecule has 0 aliphatic carbocycles. The van der Waals surface area contributed by atoms with Crippen LogP contribution in [0.15, 0.2) is 0 Å². The maximum Gasteiger partial charge on any atom is 0.472 e. The summed E-state index contributed by atoms with van der Waals surface area (Å²) in [4.78, 5) is 43.8. The predicted octanol–water partition coefficient (Wildman–Crippen LogP) is 3.32. The molecule has 0 aliphatic heterocycles. The van der Waals surface area contributed by atoms with Crippen molar-refractivity contribution in [1.29, 1.82) is 0 Å². The van der Waals surface area contributed by atoms with E-state index in [1.807, 2.05) is 0 Å². The molecule has 0 spiro atoms. The van der Waals surface area contributed by atoms with Crippen molar-refractivity contribution >= 4 is 25.7 Å². The van der Waals surface area contributed by atoms with E-state index in [1.54, 1.807) is 6.92 Å². The minimum absolute atomic E-state index is 0.106. The van der Waals surface area contributed by atoms with Crippen LogP contribution in [0.4, 0.5) is 0 Å². The molecule has 4 N–H and O–H groups in total. The average molecular weight is 498 g/mol. The van der Waals surface area contributed by atoms with Gasteiger partial charge in [-0.3, -0.25) is 23.4 Å². The first-order valence-electron chi connectivity index (χ1n) is 11.6. The Balaban J connectivity index is 4.40. The largest absolute Gasteiger partial charge is 0.480 e. The number of aliphatic carboxylic acids is 1. The first-order valence-corrected chi connectivity index (χ1v) is 13.1. The Kier molecular flexibility index (Phi) is 18.0. The van der Waals surface area contributed by atoms with Gasteiger partial charge in [0, 0.05) is 12.8 Å². The number of carboxylic acids is 1. The lowest BCUT2D eigenvalue weighted by Crippen LogP contribution is -2.34. The van der Waals surface area contributed by atoms with Gasteiger partial charge in [0.1, 0.15) is 12.6 Å². The third-order valence-electron chi connectivity index (χ3n) is 4.66. The van der Waals surface area contributed by atoms with Gasteiger partial charge in [-0.2, -0.15) is 0 Å². The van der Waals surface area contributed by atoms with E-state index < -0.39 is 51.1 Å². The summed E-state index contributed by atoms with van der Waals surface area (Å²) in [6, 6.07) is -1.51. The lowest BCUT2D eigenvalue weighted by Gasteiger charge is -2.20. The highest BCUT2D eigenvalue weighted by molar-refractivity contribution is 7.47. The van der Waals surface area contributed by atoms with Crippen LogP contribution < -0.4 is 5.73 Å². The van der Waals surface area contributed by atoms with E-state index in [0.717, 1.165) is 19.3 Å². The summed E-state index contributed by atoms with van der Waals surface area (Å²) in [7, 11) is -4.66. The van der Waals surface area contributed by atoms with Gasteiger partial charge in [-0.05, 0) is 6.42 Å². The van der Waals surface area contributed by atoms with Crippen molar-refractivity contribution in [3.63, 3.8) is 0 Å². The van der Waals surface area contributed by atoms with Crippen LogP contribution in [0, 0.1) is 0 Å². The summed E-state index contributed by atoms with van der Waals surface area (Å²) in [5, 5.41) is 8.68. The van der Waals surface area contributed by atoms with Gasteiger partial charge in [0.15, 0.2) is 6.10 Å². The standard InChI is InChI=1S/C21H40NO10P/c1-3-5-6-7-8-9-10-11-12-13-20(24)32-17(14-29-19(23)4-2)15-30-33(27,28)31-16-18(22)21(25)26/h17-18H,3-16,22H2,1-2H3,(H,25,26)(H,27,28). The van der Waals surface area contributed by atoms with Gasteiger partial charge < -0.3 is 25.2 Å². The first-order chi connectivity index (χ1) is 15.6. The van der Waals surface area contributed by atoms with E-state index in [-0.39, 0.29) is 19.4 Å². The zero-order valence-corrected chi connectivity index (χ0v) is 20.6. The number of carbonyl (C=O) groups excluding carboxylic acids is 2. The summed E-state index contributed by atoms with van der Waals surface area (Å²) in [6.07, 6.45) is 8.99. The van der Waals surface area contributed by atoms with Crippen LogP contribution in [-0.4, -0.2) is 59.9 Å². The molecule has 0 aromatic rings. The second kappa shape index (κ2) is 18.9. The fourth-order valence-electron chi connectivity index (χ4n) is 2.69. The number of carboxylic acid groups (broad SMARTS) is 1. The Labute approximate surface area is 195 Å². The van der Waals surface area contributed by atoms with Crippen LogP contribution in [0.5, 0.6) is 0 Å². The Morgan fingerprint density at radius 2 is 1.39 bits per heavy atom. The molecule has 0 radical (unpaired) electrons. The van der Waals surface area contributed by atoms with Gasteiger partial charge in [0.25, 0.3) is 0 Å². The summed E-state index contributed by atoms with van der Waals surface area (Å²) in [5.41, 5.74) is 5.21. The maximum atomic E-state index is 12.1. The Bertz CT molecular complexity index is 616. The van der Waals surface area contributed by atoms with Crippen LogP contribution >= 0.6 is 7.82 Å². The third-order valence-corrected chi connectivity index (χ3v) is 5.61. The predicted molar refractivity (Wildman–Crippen MR) is 120 cm³/mol. The number of hydrogen-bond donors (Lipinski definition) is 3. The molecule has 0 saturated carbocycles. The molecule has 0 aliphatic rings. The molecule has 11 nitrogen and oxygen atoms in total. The molecule has 0 fully saturated rings. The monoisotopic (exact) mass is 497 g/mol. The fourth-order valence-corrected chi connectivity index (χ4v) is 3.47. The van der Waals surface area contributed by atoms with Crippen molar-refractivity contribution in [2.24, 2.45) is 5.73 Å². The number of nitrogens with two attached hydrogens (primary N) is 1. The number of phosphoric acid groups is 1. The second-order valence-electron chi connectivity index (χ2n) is 7.73. The Hall–Kier alpha value is -1.52. The Morgan fingerprint density at radius 1 is 0.848 bits per heavy atom. The minimum atomic E-state index is -4.66. The molecule has 0 rings (SSSR count). The zero-order chi connectivity index (χ0) is 25.1. The number of esters is 2. The normalized spacial score (nSPS) is 14.8. The van der Waals surface area contributed by atoms with Gasteiger partial charge in [-0.25, -0.2) is 4.57 Å². The molecule has 3 unspecified atom stereocenters. The molecular formula is C21H40NO10P. The molecule has 33 heavy (non-hydrogen) atoms.